The standard InChI is InChI=1S/C21H38O5Si/c1-16(2)27(17(3)4,18(5)6)25-14-21(7,24-15-23-8)13-12-19-10-9-11-20(22)26-19/h9,11-13,16-19H,10,14-15H2,1-8H3/t19-,21-/m1/s1. The van der Waals surface area contributed by atoms with Crippen molar-refractivity contribution >= 4 is 14.3 Å². The Labute approximate surface area is 166 Å². The van der Waals surface area contributed by atoms with Crippen LogP contribution in [0.2, 0.25) is 16.6 Å². The van der Waals surface area contributed by atoms with Crippen molar-refractivity contribution in [2.75, 3.05) is 20.5 Å². The topological polar surface area (TPSA) is 54.0 Å². The summed E-state index contributed by atoms with van der Waals surface area (Å²) in [7, 11) is -0.402. The van der Waals surface area contributed by atoms with Gasteiger partial charge in [0.15, 0.2) is 8.32 Å². The number of esters is 1. The minimum absolute atomic E-state index is 0.175. The molecule has 0 spiro atoms. The molecule has 2 atom stereocenters. The number of carbonyl (C=O) groups excluding carboxylic acids is 1. The number of rotatable bonds is 11. The van der Waals surface area contributed by atoms with Crippen LogP contribution >= 0.6 is 0 Å². The maximum Gasteiger partial charge on any atom is 0.331 e. The second-order valence-electron chi connectivity index (χ2n) is 8.44. The molecule has 0 unspecified atom stereocenters. The van der Waals surface area contributed by atoms with Gasteiger partial charge in [0.1, 0.15) is 18.5 Å². The van der Waals surface area contributed by atoms with Gasteiger partial charge in [0, 0.05) is 19.6 Å². The summed E-state index contributed by atoms with van der Waals surface area (Å²) < 4.78 is 23.1. The summed E-state index contributed by atoms with van der Waals surface area (Å²) in [5, 5.41) is 0. The highest BCUT2D eigenvalue weighted by molar-refractivity contribution is 6.77. The van der Waals surface area contributed by atoms with Crippen LogP contribution < -0.4 is 0 Å². The van der Waals surface area contributed by atoms with E-state index in [4.69, 9.17) is 18.6 Å². The predicted molar refractivity (Wildman–Crippen MR) is 111 cm³/mol. The van der Waals surface area contributed by atoms with Gasteiger partial charge in [-0.3, -0.25) is 0 Å². The molecule has 1 aliphatic heterocycles. The third-order valence-electron chi connectivity index (χ3n) is 5.38. The van der Waals surface area contributed by atoms with Crippen LogP contribution in [0.1, 0.15) is 54.9 Å². The molecule has 0 aliphatic carbocycles. The van der Waals surface area contributed by atoms with Crippen molar-refractivity contribution in [1.82, 2.24) is 0 Å². The largest absolute Gasteiger partial charge is 0.455 e. The van der Waals surface area contributed by atoms with Crippen molar-refractivity contribution in [3.63, 3.8) is 0 Å². The number of hydrogen-bond donors (Lipinski definition) is 0. The molecule has 6 heteroatoms. The van der Waals surface area contributed by atoms with Gasteiger partial charge in [0.2, 0.25) is 0 Å². The smallest absolute Gasteiger partial charge is 0.331 e. The van der Waals surface area contributed by atoms with Crippen molar-refractivity contribution in [3.05, 3.63) is 24.3 Å². The van der Waals surface area contributed by atoms with E-state index < -0.39 is 13.9 Å². The summed E-state index contributed by atoms with van der Waals surface area (Å²) in [6, 6.07) is 0. The van der Waals surface area contributed by atoms with E-state index in [0.717, 1.165) is 0 Å². The normalized spacial score (nSPS) is 20.7. The van der Waals surface area contributed by atoms with Gasteiger partial charge in [0.25, 0.3) is 0 Å². The molecule has 0 aromatic carbocycles. The first-order chi connectivity index (χ1) is 12.6. The van der Waals surface area contributed by atoms with Crippen LogP contribution in [0.15, 0.2) is 24.3 Å². The highest BCUT2D eigenvalue weighted by Crippen LogP contribution is 2.42. The number of ether oxygens (including phenoxy) is 3. The van der Waals surface area contributed by atoms with E-state index in [2.05, 4.69) is 41.5 Å². The fourth-order valence-corrected chi connectivity index (χ4v) is 9.60. The maximum absolute atomic E-state index is 11.4. The second-order valence-corrected chi connectivity index (χ2v) is 13.9. The zero-order chi connectivity index (χ0) is 20.7. The molecule has 0 saturated heterocycles. The van der Waals surface area contributed by atoms with Gasteiger partial charge in [-0.2, -0.15) is 0 Å². The Hall–Kier alpha value is -0.953. The molecule has 27 heavy (non-hydrogen) atoms. The Kier molecular flexibility index (Phi) is 9.41. The Balaban J connectivity index is 2.97. The Bertz CT molecular complexity index is 505. The lowest BCUT2D eigenvalue weighted by Crippen LogP contribution is -2.51. The predicted octanol–water partition coefficient (Wildman–Crippen LogP) is 4.99. The van der Waals surface area contributed by atoms with Crippen molar-refractivity contribution in [2.24, 2.45) is 0 Å². The lowest BCUT2D eigenvalue weighted by molar-refractivity contribution is -0.142. The van der Waals surface area contributed by atoms with Crippen molar-refractivity contribution in [1.29, 1.82) is 0 Å². The van der Waals surface area contributed by atoms with E-state index in [1.54, 1.807) is 7.11 Å². The number of hydrogen-bond acceptors (Lipinski definition) is 5. The van der Waals surface area contributed by atoms with Gasteiger partial charge in [-0.15, -0.1) is 0 Å². The molecular formula is C21H38O5Si. The Morgan fingerprint density at radius 3 is 2.30 bits per heavy atom. The van der Waals surface area contributed by atoms with Crippen molar-refractivity contribution < 1.29 is 23.4 Å². The second kappa shape index (κ2) is 10.6. The molecule has 0 fully saturated rings. The van der Waals surface area contributed by atoms with Gasteiger partial charge in [-0.05, 0) is 29.6 Å². The zero-order valence-corrected chi connectivity index (χ0v) is 19.3. The van der Waals surface area contributed by atoms with Crippen molar-refractivity contribution in [2.45, 2.75) is 83.2 Å². The summed E-state index contributed by atoms with van der Waals surface area (Å²) in [5.41, 5.74) is 0.841. The number of cyclic esters (lactones) is 1. The van der Waals surface area contributed by atoms with Gasteiger partial charge < -0.3 is 18.6 Å². The molecule has 0 saturated carbocycles. The molecule has 0 N–H and O–H groups in total. The average Bonchev–Trinajstić information content (AvgIpc) is 2.58. The highest BCUT2D eigenvalue weighted by atomic mass is 28.4. The van der Waals surface area contributed by atoms with E-state index in [0.29, 0.717) is 29.7 Å². The fraction of sp³-hybridized carbons (Fsp3) is 0.762. The van der Waals surface area contributed by atoms with Gasteiger partial charge in [-0.1, -0.05) is 53.7 Å². The number of carbonyl (C=O) groups is 1. The monoisotopic (exact) mass is 398 g/mol. The third kappa shape index (κ3) is 6.56. The zero-order valence-electron chi connectivity index (χ0n) is 18.3. The van der Waals surface area contributed by atoms with Crippen molar-refractivity contribution in [3.8, 4) is 0 Å². The van der Waals surface area contributed by atoms with E-state index in [1.165, 1.54) is 6.08 Å². The molecule has 1 heterocycles. The van der Waals surface area contributed by atoms with Crippen LogP contribution in [0.4, 0.5) is 0 Å². The molecule has 0 aromatic heterocycles. The molecule has 0 amide bonds. The van der Waals surface area contributed by atoms with Crippen LogP contribution in [-0.4, -0.2) is 46.5 Å². The van der Waals surface area contributed by atoms with Crippen LogP contribution in [0.25, 0.3) is 0 Å². The lowest BCUT2D eigenvalue weighted by Gasteiger charge is -2.44. The Morgan fingerprint density at radius 2 is 1.81 bits per heavy atom. The average molecular weight is 399 g/mol. The van der Waals surface area contributed by atoms with Crippen LogP contribution in [0.5, 0.6) is 0 Å². The molecule has 0 radical (unpaired) electrons. The first-order valence-corrected chi connectivity index (χ1v) is 12.0. The first kappa shape index (κ1) is 24.1. The highest BCUT2D eigenvalue weighted by Gasteiger charge is 2.46. The number of methoxy groups -OCH3 is 1. The summed E-state index contributed by atoms with van der Waals surface area (Å²) in [5.74, 6) is -0.308. The van der Waals surface area contributed by atoms with E-state index in [1.807, 2.05) is 25.2 Å². The summed E-state index contributed by atoms with van der Waals surface area (Å²) in [6.07, 6.45) is 7.54. The van der Waals surface area contributed by atoms with E-state index >= 15 is 0 Å². The maximum atomic E-state index is 11.4. The molecule has 1 rings (SSSR count). The molecule has 1 aliphatic rings. The van der Waals surface area contributed by atoms with E-state index in [-0.39, 0.29) is 18.9 Å². The molecular weight excluding hydrogens is 360 g/mol. The lowest BCUT2D eigenvalue weighted by atomic mass is 10.1. The van der Waals surface area contributed by atoms with Crippen LogP contribution in [0, 0.1) is 0 Å². The summed E-state index contributed by atoms with van der Waals surface area (Å²) >= 11 is 0. The van der Waals surface area contributed by atoms with Crippen LogP contribution in [0.3, 0.4) is 0 Å². The fourth-order valence-electron chi connectivity index (χ4n) is 4.06. The minimum atomic E-state index is -2.01. The van der Waals surface area contributed by atoms with Gasteiger partial charge in [0.05, 0.1) is 6.61 Å². The molecule has 5 nitrogen and oxygen atoms in total. The quantitative estimate of drug-likeness (QED) is 0.212. The summed E-state index contributed by atoms with van der Waals surface area (Å²) in [6.45, 7) is 16.2. The van der Waals surface area contributed by atoms with Gasteiger partial charge >= 0.3 is 5.97 Å². The van der Waals surface area contributed by atoms with Crippen LogP contribution in [-0.2, 0) is 23.4 Å². The third-order valence-corrected chi connectivity index (χ3v) is 11.4. The SMILES string of the molecule is COCO[C@](C)(C=C[C@H]1CC=CC(=O)O1)CO[Si](C(C)C)(C(C)C)C(C)C. The minimum Gasteiger partial charge on any atom is -0.455 e. The summed E-state index contributed by atoms with van der Waals surface area (Å²) in [4.78, 5) is 11.4. The Morgan fingerprint density at radius 1 is 1.22 bits per heavy atom. The first-order valence-electron chi connectivity index (χ1n) is 9.90. The molecule has 0 bridgehead atoms. The van der Waals surface area contributed by atoms with E-state index in [9.17, 15) is 4.79 Å². The molecule has 0 aromatic rings. The molecule has 156 valence electrons. The van der Waals surface area contributed by atoms with Gasteiger partial charge in [-0.25, -0.2) is 4.79 Å².